The number of nitrogens with one attached hydrogen (secondary N) is 1. The second-order valence-electron chi connectivity index (χ2n) is 7.04. The van der Waals surface area contributed by atoms with E-state index in [4.69, 9.17) is 9.47 Å². The maximum Gasteiger partial charge on any atom is 0.338 e. The minimum absolute atomic E-state index is 0.00598. The maximum absolute atomic E-state index is 13.2. The average molecular weight is 489 g/mol. The van der Waals surface area contributed by atoms with Crippen LogP contribution in [0.1, 0.15) is 20.8 Å². The van der Waals surface area contributed by atoms with E-state index in [-0.39, 0.29) is 22.8 Å². The van der Waals surface area contributed by atoms with Crippen LogP contribution in [0.5, 0.6) is 5.75 Å². The lowest BCUT2D eigenvalue weighted by Crippen LogP contribution is -2.28. The van der Waals surface area contributed by atoms with Gasteiger partial charge in [0.15, 0.2) is 6.61 Å². The van der Waals surface area contributed by atoms with Gasteiger partial charge in [-0.05, 0) is 35.2 Å². The molecule has 2 aromatic carbocycles. The van der Waals surface area contributed by atoms with E-state index < -0.39 is 28.5 Å². The molecule has 174 valence electrons. The van der Waals surface area contributed by atoms with Gasteiger partial charge >= 0.3 is 5.97 Å². The van der Waals surface area contributed by atoms with Crippen molar-refractivity contribution in [3.63, 3.8) is 0 Å². The summed E-state index contributed by atoms with van der Waals surface area (Å²) < 4.78 is 37.8. The Bertz CT molecular complexity index is 1190. The van der Waals surface area contributed by atoms with Crippen LogP contribution in [0, 0.1) is 0 Å². The topological polar surface area (TPSA) is 102 Å². The summed E-state index contributed by atoms with van der Waals surface area (Å²) >= 11 is 1.50. The number of carbonyl (C=O) groups excluding carboxylic acids is 2. The Labute approximate surface area is 196 Å². The molecule has 0 aliphatic rings. The molecule has 1 heterocycles. The van der Waals surface area contributed by atoms with Crippen LogP contribution < -0.4 is 10.1 Å². The number of rotatable bonds is 10. The molecule has 33 heavy (non-hydrogen) atoms. The van der Waals surface area contributed by atoms with E-state index in [2.05, 4.69) is 5.32 Å². The van der Waals surface area contributed by atoms with E-state index in [1.165, 1.54) is 48.0 Å². The van der Waals surface area contributed by atoms with Crippen molar-refractivity contribution in [2.75, 3.05) is 20.8 Å². The number of carbonyl (C=O) groups is 2. The normalized spacial score (nSPS) is 11.2. The standard InChI is InChI=1S/C23H24N2O6S2/c1-25(15-17-7-4-3-5-8-17)33(28,29)21-13-18(10-11-20(21)30-2)23(27)31-16-22(26)24-14-19-9-6-12-32-19/h3-13H,14-16H2,1-2H3,(H,24,26). The molecule has 8 nitrogen and oxygen atoms in total. The molecule has 0 fully saturated rings. The number of hydrogen-bond acceptors (Lipinski definition) is 7. The van der Waals surface area contributed by atoms with Gasteiger partial charge in [-0.2, -0.15) is 4.31 Å². The molecule has 0 bridgehead atoms. The molecular weight excluding hydrogens is 464 g/mol. The second kappa shape index (κ2) is 11.1. The number of thiophene rings is 1. The van der Waals surface area contributed by atoms with Crippen LogP contribution in [0.3, 0.4) is 0 Å². The third kappa shape index (κ3) is 6.41. The molecule has 0 aliphatic heterocycles. The van der Waals surface area contributed by atoms with Crippen molar-refractivity contribution < 1.29 is 27.5 Å². The first kappa shape index (κ1) is 24.4. The zero-order chi connectivity index (χ0) is 23.8. The monoisotopic (exact) mass is 488 g/mol. The third-order valence-corrected chi connectivity index (χ3v) is 7.41. The maximum atomic E-state index is 13.2. The SMILES string of the molecule is COc1ccc(C(=O)OCC(=O)NCc2cccs2)cc1S(=O)(=O)N(C)Cc1ccccc1. The van der Waals surface area contributed by atoms with Crippen LogP contribution in [0.4, 0.5) is 0 Å². The van der Waals surface area contributed by atoms with Gasteiger partial charge in [-0.15, -0.1) is 11.3 Å². The van der Waals surface area contributed by atoms with Gasteiger partial charge in [0.1, 0.15) is 10.6 Å². The summed E-state index contributed by atoms with van der Waals surface area (Å²) in [6.07, 6.45) is 0. The first-order valence-corrected chi connectivity index (χ1v) is 12.3. The van der Waals surface area contributed by atoms with Gasteiger partial charge in [0.25, 0.3) is 5.91 Å². The highest BCUT2D eigenvalue weighted by Gasteiger charge is 2.27. The summed E-state index contributed by atoms with van der Waals surface area (Å²) in [7, 11) is -1.18. The lowest BCUT2D eigenvalue weighted by atomic mass is 10.2. The predicted octanol–water partition coefficient (Wildman–Crippen LogP) is 3.05. The number of methoxy groups -OCH3 is 1. The fourth-order valence-corrected chi connectivity index (χ4v) is 4.94. The van der Waals surface area contributed by atoms with Gasteiger partial charge in [-0.1, -0.05) is 36.4 Å². The highest BCUT2D eigenvalue weighted by atomic mass is 32.2. The van der Waals surface area contributed by atoms with Crippen molar-refractivity contribution in [1.82, 2.24) is 9.62 Å². The molecular formula is C23H24N2O6S2. The molecule has 0 saturated heterocycles. The quantitative estimate of drug-likeness (QED) is 0.440. The van der Waals surface area contributed by atoms with E-state index in [1.54, 1.807) is 0 Å². The molecule has 0 spiro atoms. The molecule has 0 saturated carbocycles. The van der Waals surface area contributed by atoms with Crippen LogP contribution >= 0.6 is 11.3 Å². The summed E-state index contributed by atoms with van der Waals surface area (Å²) in [4.78, 5) is 25.2. The Morgan fingerprint density at radius 1 is 1.06 bits per heavy atom. The fraction of sp³-hybridized carbons (Fsp3) is 0.217. The summed E-state index contributed by atoms with van der Waals surface area (Å²) in [6, 6.07) is 16.9. The molecule has 1 amide bonds. The molecule has 0 aliphatic carbocycles. The minimum atomic E-state index is -3.98. The van der Waals surface area contributed by atoms with Crippen molar-refractivity contribution in [3.05, 3.63) is 82.0 Å². The molecule has 1 N–H and O–H groups in total. The van der Waals surface area contributed by atoms with Gasteiger partial charge in [-0.25, -0.2) is 13.2 Å². The van der Waals surface area contributed by atoms with Gasteiger partial charge in [0, 0.05) is 18.5 Å². The zero-order valence-electron chi connectivity index (χ0n) is 18.2. The van der Waals surface area contributed by atoms with Gasteiger partial charge in [0.05, 0.1) is 19.2 Å². The first-order chi connectivity index (χ1) is 15.8. The number of benzene rings is 2. The lowest BCUT2D eigenvalue weighted by Gasteiger charge is -2.19. The molecule has 0 unspecified atom stereocenters. The predicted molar refractivity (Wildman–Crippen MR) is 125 cm³/mol. The van der Waals surface area contributed by atoms with Gasteiger partial charge in [-0.3, -0.25) is 4.79 Å². The van der Waals surface area contributed by atoms with E-state index in [0.717, 1.165) is 10.4 Å². The zero-order valence-corrected chi connectivity index (χ0v) is 19.8. The average Bonchev–Trinajstić information content (AvgIpc) is 3.35. The number of esters is 1. The molecule has 0 atom stereocenters. The van der Waals surface area contributed by atoms with Crippen LogP contribution in [-0.2, 0) is 32.6 Å². The Balaban J connectivity index is 1.70. The Kier molecular flexibility index (Phi) is 8.21. The van der Waals surface area contributed by atoms with Crippen molar-refractivity contribution >= 4 is 33.2 Å². The Morgan fingerprint density at radius 2 is 1.82 bits per heavy atom. The summed E-state index contributed by atoms with van der Waals surface area (Å²) in [5.74, 6) is -1.17. The number of nitrogens with zero attached hydrogens (tertiary/aromatic N) is 1. The van der Waals surface area contributed by atoms with Crippen molar-refractivity contribution in [3.8, 4) is 5.75 Å². The molecule has 10 heteroatoms. The minimum Gasteiger partial charge on any atom is -0.495 e. The molecule has 3 aromatic rings. The fourth-order valence-electron chi connectivity index (χ4n) is 2.96. The molecule has 0 radical (unpaired) electrons. The first-order valence-electron chi connectivity index (χ1n) is 9.95. The largest absolute Gasteiger partial charge is 0.495 e. The van der Waals surface area contributed by atoms with Crippen molar-refractivity contribution in [2.24, 2.45) is 0 Å². The highest BCUT2D eigenvalue weighted by molar-refractivity contribution is 7.89. The summed E-state index contributed by atoms with van der Waals surface area (Å²) in [5, 5.41) is 4.55. The second-order valence-corrected chi connectivity index (χ2v) is 10.1. The van der Waals surface area contributed by atoms with Gasteiger partial charge < -0.3 is 14.8 Å². The molecule has 3 rings (SSSR count). The van der Waals surface area contributed by atoms with E-state index >= 15 is 0 Å². The number of sulfonamides is 1. The van der Waals surface area contributed by atoms with Crippen molar-refractivity contribution in [2.45, 2.75) is 18.0 Å². The van der Waals surface area contributed by atoms with Crippen molar-refractivity contribution in [1.29, 1.82) is 0 Å². The lowest BCUT2D eigenvalue weighted by molar-refractivity contribution is -0.124. The van der Waals surface area contributed by atoms with Crippen LogP contribution in [0.2, 0.25) is 0 Å². The number of hydrogen-bond donors (Lipinski definition) is 1. The smallest absolute Gasteiger partial charge is 0.338 e. The number of amides is 1. The van der Waals surface area contributed by atoms with E-state index in [1.807, 2.05) is 47.8 Å². The summed E-state index contributed by atoms with van der Waals surface area (Å²) in [5.41, 5.74) is 0.806. The number of ether oxygens (including phenoxy) is 2. The molecule has 1 aromatic heterocycles. The third-order valence-electron chi connectivity index (χ3n) is 4.71. The Hall–Kier alpha value is -3.21. The Morgan fingerprint density at radius 3 is 2.48 bits per heavy atom. The summed E-state index contributed by atoms with van der Waals surface area (Å²) in [6.45, 7) is 0.00434. The van der Waals surface area contributed by atoms with Gasteiger partial charge in [0.2, 0.25) is 10.0 Å². The van der Waals surface area contributed by atoms with E-state index in [0.29, 0.717) is 6.54 Å². The van der Waals surface area contributed by atoms with Crippen LogP contribution in [0.15, 0.2) is 70.9 Å². The van der Waals surface area contributed by atoms with Crippen LogP contribution in [0.25, 0.3) is 0 Å². The van der Waals surface area contributed by atoms with E-state index in [9.17, 15) is 18.0 Å². The van der Waals surface area contributed by atoms with Crippen LogP contribution in [-0.4, -0.2) is 45.4 Å². The highest BCUT2D eigenvalue weighted by Crippen LogP contribution is 2.28.